The molecule has 6 heteroatoms. The molecule has 0 bridgehead atoms. The van der Waals surface area contributed by atoms with Gasteiger partial charge in [0, 0.05) is 38.8 Å². The zero-order valence-electron chi connectivity index (χ0n) is 16.6. The number of piperidine rings is 1. The Kier molecular flexibility index (Phi) is 6.38. The summed E-state index contributed by atoms with van der Waals surface area (Å²) in [5.41, 5.74) is 1.15. The zero-order valence-corrected chi connectivity index (χ0v) is 17.4. The number of hydrogen-bond acceptors (Lipinski definition) is 5. The van der Waals surface area contributed by atoms with Gasteiger partial charge in [-0.2, -0.15) is 0 Å². The lowest BCUT2D eigenvalue weighted by Gasteiger charge is -2.41. The summed E-state index contributed by atoms with van der Waals surface area (Å²) in [5.74, 6) is 1.53. The fourth-order valence-electron chi connectivity index (χ4n) is 4.23. The minimum absolute atomic E-state index is 0.284. The minimum Gasteiger partial charge on any atom is -0.490 e. The number of ether oxygens (including phenoxy) is 1. The van der Waals surface area contributed by atoms with E-state index in [4.69, 9.17) is 4.74 Å². The first-order chi connectivity index (χ1) is 13.6. The first-order valence-electron chi connectivity index (χ1n) is 10.7. The Hall–Kier alpha value is -1.37. The topological polar surface area (TPSA) is 49.9 Å². The number of nitrogens with zero attached hydrogens (tertiary/aromatic N) is 2. The number of benzene rings is 1. The van der Waals surface area contributed by atoms with Crippen LogP contribution in [0, 0.1) is 0 Å². The molecular weight excluding hydrogens is 372 g/mol. The maximum atomic E-state index is 11.5. The molecule has 2 heterocycles. The summed E-state index contributed by atoms with van der Waals surface area (Å²) < 4.78 is 29.1. The molecule has 28 heavy (non-hydrogen) atoms. The van der Waals surface area contributed by atoms with Gasteiger partial charge in [0.1, 0.15) is 11.9 Å². The summed E-state index contributed by atoms with van der Waals surface area (Å²) in [5, 5.41) is 0. The van der Waals surface area contributed by atoms with Crippen molar-refractivity contribution in [3.63, 3.8) is 0 Å². The fourth-order valence-corrected chi connectivity index (χ4v) is 5.51. The van der Waals surface area contributed by atoms with E-state index in [1.807, 2.05) is 0 Å². The van der Waals surface area contributed by atoms with Crippen molar-refractivity contribution in [1.29, 1.82) is 0 Å². The van der Waals surface area contributed by atoms with Gasteiger partial charge in [-0.15, -0.1) is 0 Å². The summed E-state index contributed by atoms with van der Waals surface area (Å²) in [6.45, 7) is 4.42. The average Bonchev–Trinajstić information content (AvgIpc) is 2.65. The Morgan fingerprint density at radius 3 is 2.25 bits per heavy atom. The summed E-state index contributed by atoms with van der Waals surface area (Å²) in [6.07, 6.45) is 11.0. The van der Waals surface area contributed by atoms with Crippen LogP contribution in [0.1, 0.15) is 37.7 Å². The molecule has 0 atom stereocenters. The van der Waals surface area contributed by atoms with Crippen LogP contribution in [0.2, 0.25) is 0 Å². The molecule has 1 aromatic rings. The van der Waals surface area contributed by atoms with Crippen LogP contribution in [0.15, 0.2) is 30.3 Å². The van der Waals surface area contributed by atoms with Crippen LogP contribution >= 0.6 is 0 Å². The lowest BCUT2D eigenvalue weighted by molar-refractivity contribution is 0.0493. The van der Waals surface area contributed by atoms with Crippen LogP contribution in [0.4, 0.5) is 0 Å². The zero-order chi connectivity index (χ0) is 19.4. The minimum atomic E-state index is -2.80. The van der Waals surface area contributed by atoms with E-state index < -0.39 is 9.84 Å². The van der Waals surface area contributed by atoms with Crippen molar-refractivity contribution in [3.05, 3.63) is 35.9 Å². The SMILES string of the molecule is O=S1(=O)CCN(CC=Cc2ccc(OC3CCN(C4CCC4)CC3)cc2)CC1. The van der Waals surface area contributed by atoms with Gasteiger partial charge in [-0.05, 0) is 43.4 Å². The number of hydrogen-bond donors (Lipinski definition) is 0. The van der Waals surface area contributed by atoms with Gasteiger partial charge in [-0.25, -0.2) is 8.42 Å². The van der Waals surface area contributed by atoms with E-state index >= 15 is 0 Å². The van der Waals surface area contributed by atoms with Gasteiger partial charge in [0.2, 0.25) is 0 Å². The van der Waals surface area contributed by atoms with Crippen molar-refractivity contribution in [2.75, 3.05) is 44.2 Å². The smallest absolute Gasteiger partial charge is 0.152 e. The molecule has 0 amide bonds. The Balaban J connectivity index is 1.19. The molecular formula is C22H32N2O3S. The second-order valence-corrected chi connectivity index (χ2v) is 10.7. The molecule has 1 saturated carbocycles. The first kappa shape index (κ1) is 19.9. The maximum absolute atomic E-state index is 11.5. The highest BCUT2D eigenvalue weighted by atomic mass is 32.2. The van der Waals surface area contributed by atoms with Gasteiger partial charge >= 0.3 is 0 Å². The second-order valence-electron chi connectivity index (χ2n) is 8.36. The molecule has 0 unspecified atom stereocenters. The third kappa shape index (κ3) is 5.37. The van der Waals surface area contributed by atoms with E-state index in [9.17, 15) is 8.42 Å². The first-order valence-corrected chi connectivity index (χ1v) is 12.5. The molecule has 154 valence electrons. The monoisotopic (exact) mass is 404 g/mol. The van der Waals surface area contributed by atoms with Crippen molar-refractivity contribution in [1.82, 2.24) is 9.80 Å². The number of sulfone groups is 1. The molecule has 5 nitrogen and oxygen atoms in total. The van der Waals surface area contributed by atoms with Crippen LogP contribution < -0.4 is 4.74 Å². The quantitative estimate of drug-likeness (QED) is 0.730. The third-order valence-corrected chi connectivity index (χ3v) is 7.97. The Morgan fingerprint density at radius 2 is 1.64 bits per heavy atom. The average molecular weight is 405 g/mol. The maximum Gasteiger partial charge on any atom is 0.152 e. The summed E-state index contributed by atoms with van der Waals surface area (Å²) in [6, 6.07) is 9.16. The van der Waals surface area contributed by atoms with Crippen LogP contribution in [0.3, 0.4) is 0 Å². The van der Waals surface area contributed by atoms with Gasteiger partial charge in [-0.3, -0.25) is 4.90 Å². The standard InChI is InChI=1S/C22H32N2O3S/c25-28(26)17-15-23(16-18-28)12-2-3-19-6-8-21(9-7-19)27-22-10-13-24(14-11-22)20-4-1-5-20/h2-3,6-9,20,22H,1,4-5,10-18H2. The molecule has 0 spiro atoms. The van der Waals surface area contributed by atoms with Crippen LogP contribution in [0.5, 0.6) is 5.75 Å². The van der Waals surface area contributed by atoms with Gasteiger partial charge in [0.15, 0.2) is 9.84 Å². The Morgan fingerprint density at radius 1 is 0.964 bits per heavy atom. The summed E-state index contributed by atoms with van der Waals surface area (Å²) in [4.78, 5) is 4.83. The van der Waals surface area contributed by atoms with Gasteiger partial charge in [-0.1, -0.05) is 30.7 Å². The lowest BCUT2D eigenvalue weighted by Crippen LogP contribution is -2.46. The largest absolute Gasteiger partial charge is 0.490 e. The highest BCUT2D eigenvalue weighted by molar-refractivity contribution is 7.91. The summed E-state index contributed by atoms with van der Waals surface area (Å²) >= 11 is 0. The molecule has 3 fully saturated rings. The van der Waals surface area contributed by atoms with E-state index in [0.29, 0.717) is 19.2 Å². The third-order valence-electron chi connectivity index (χ3n) is 6.36. The van der Waals surface area contributed by atoms with E-state index in [2.05, 4.69) is 46.2 Å². The highest BCUT2D eigenvalue weighted by Crippen LogP contribution is 2.28. The number of likely N-dealkylation sites (tertiary alicyclic amines) is 1. The molecule has 3 aliphatic rings. The Bertz CT molecular complexity index is 749. The molecule has 1 aliphatic carbocycles. The predicted molar refractivity (Wildman–Crippen MR) is 113 cm³/mol. The van der Waals surface area contributed by atoms with E-state index in [0.717, 1.165) is 36.7 Å². The molecule has 0 N–H and O–H groups in total. The normalized spacial score (nSPS) is 25.0. The van der Waals surface area contributed by atoms with Gasteiger partial charge < -0.3 is 9.64 Å². The highest BCUT2D eigenvalue weighted by Gasteiger charge is 2.29. The van der Waals surface area contributed by atoms with Crippen LogP contribution in [0.25, 0.3) is 6.08 Å². The molecule has 2 saturated heterocycles. The molecule has 0 aromatic heterocycles. The second kappa shape index (κ2) is 8.97. The van der Waals surface area contributed by atoms with Gasteiger partial charge in [0.25, 0.3) is 0 Å². The molecule has 1 aromatic carbocycles. The molecule has 0 radical (unpaired) electrons. The van der Waals surface area contributed by atoms with Crippen LogP contribution in [-0.2, 0) is 9.84 Å². The number of rotatable bonds is 6. The fraction of sp³-hybridized carbons (Fsp3) is 0.636. The summed E-state index contributed by atoms with van der Waals surface area (Å²) in [7, 11) is -2.80. The predicted octanol–water partition coefficient (Wildman–Crippen LogP) is 2.83. The van der Waals surface area contributed by atoms with Gasteiger partial charge in [0.05, 0.1) is 11.5 Å². The lowest BCUT2D eigenvalue weighted by atomic mass is 9.90. The Labute approximate surface area is 169 Å². The van der Waals surface area contributed by atoms with E-state index in [1.54, 1.807) is 0 Å². The van der Waals surface area contributed by atoms with Crippen molar-refractivity contribution in [2.24, 2.45) is 0 Å². The molecule has 4 rings (SSSR count). The van der Waals surface area contributed by atoms with Crippen LogP contribution in [-0.4, -0.2) is 74.6 Å². The van der Waals surface area contributed by atoms with Crippen molar-refractivity contribution >= 4 is 15.9 Å². The van der Waals surface area contributed by atoms with Crippen molar-refractivity contribution in [3.8, 4) is 5.75 Å². The molecule has 2 aliphatic heterocycles. The van der Waals surface area contributed by atoms with Crippen molar-refractivity contribution in [2.45, 2.75) is 44.2 Å². The van der Waals surface area contributed by atoms with E-state index in [-0.39, 0.29) is 11.5 Å². The van der Waals surface area contributed by atoms with E-state index in [1.165, 1.54) is 32.4 Å². The van der Waals surface area contributed by atoms with Crippen molar-refractivity contribution < 1.29 is 13.2 Å².